The summed E-state index contributed by atoms with van der Waals surface area (Å²) in [6.45, 7) is 2.88. The Balaban J connectivity index is 2.22. The van der Waals surface area contributed by atoms with Gasteiger partial charge in [-0.25, -0.2) is 4.79 Å². The van der Waals surface area contributed by atoms with Gasteiger partial charge in [0.05, 0.1) is 0 Å². The molecule has 1 fully saturated rings. The van der Waals surface area contributed by atoms with Crippen LogP contribution < -0.4 is 4.90 Å². The van der Waals surface area contributed by atoms with Gasteiger partial charge in [0.15, 0.2) is 0 Å². The van der Waals surface area contributed by atoms with Crippen molar-refractivity contribution >= 4 is 11.7 Å². The molecule has 3 heteroatoms. The van der Waals surface area contributed by atoms with Crippen LogP contribution in [0.15, 0.2) is 24.3 Å². The van der Waals surface area contributed by atoms with Crippen molar-refractivity contribution < 1.29 is 9.90 Å². The van der Waals surface area contributed by atoms with Crippen molar-refractivity contribution in [3.8, 4) is 0 Å². The van der Waals surface area contributed by atoms with Crippen LogP contribution in [0.25, 0.3) is 0 Å². The topological polar surface area (TPSA) is 40.5 Å². The Hall–Kier alpha value is -1.51. The third-order valence-electron chi connectivity index (χ3n) is 2.90. The van der Waals surface area contributed by atoms with Crippen molar-refractivity contribution in [2.45, 2.75) is 25.8 Å². The second-order valence-corrected chi connectivity index (χ2v) is 4.03. The van der Waals surface area contributed by atoms with Gasteiger partial charge in [-0.15, -0.1) is 0 Å². The Morgan fingerprint density at radius 3 is 2.67 bits per heavy atom. The largest absolute Gasteiger partial charge is 0.480 e. The predicted molar refractivity (Wildman–Crippen MR) is 59.2 cm³/mol. The van der Waals surface area contributed by atoms with E-state index in [0.717, 1.165) is 25.1 Å². The Kier molecular flexibility index (Phi) is 2.62. The zero-order valence-corrected chi connectivity index (χ0v) is 8.81. The highest BCUT2D eigenvalue weighted by Gasteiger charge is 2.30. The standard InChI is InChI=1S/C12H15NO2/c1-9-4-6-10(7-5-9)13-8-2-3-11(13)12(14)15/h4-7,11H,2-3,8H2,1H3,(H,14,15). The first-order valence-electron chi connectivity index (χ1n) is 5.24. The Labute approximate surface area is 89.3 Å². The van der Waals surface area contributed by atoms with Crippen molar-refractivity contribution in [2.75, 3.05) is 11.4 Å². The molecule has 1 N–H and O–H groups in total. The van der Waals surface area contributed by atoms with E-state index in [-0.39, 0.29) is 6.04 Å². The van der Waals surface area contributed by atoms with Crippen LogP contribution in [0.5, 0.6) is 0 Å². The van der Waals surface area contributed by atoms with Crippen LogP contribution in [0, 0.1) is 6.92 Å². The van der Waals surface area contributed by atoms with Crippen molar-refractivity contribution in [2.24, 2.45) is 0 Å². The fourth-order valence-electron chi connectivity index (χ4n) is 2.07. The summed E-state index contributed by atoms with van der Waals surface area (Å²) in [5.74, 6) is -0.715. The second kappa shape index (κ2) is 3.93. The van der Waals surface area contributed by atoms with Crippen LogP contribution in [0.2, 0.25) is 0 Å². The van der Waals surface area contributed by atoms with E-state index in [9.17, 15) is 4.79 Å². The molecule has 15 heavy (non-hydrogen) atoms. The first kappa shape index (κ1) is 10.0. The van der Waals surface area contributed by atoms with Gasteiger partial charge in [0.1, 0.15) is 6.04 Å². The summed E-state index contributed by atoms with van der Waals surface area (Å²) in [4.78, 5) is 13.0. The summed E-state index contributed by atoms with van der Waals surface area (Å²) in [5, 5.41) is 9.06. The van der Waals surface area contributed by atoms with Crippen LogP contribution in [-0.4, -0.2) is 23.7 Å². The molecule has 80 valence electrons. The zero-order chi connectivity index (χ0) is 10.8. The number of anilines is 1. The molecule has 0 bridgehead atoms. The van der Waals surface area contributed by atoms with Crippen molar-refractivity contribution in [1.82, 2.24) is 0 Å². The molecule has 1 unspecified atom stereocenters. The van der Waals surface area contributed by atoms with Gasteiger partial charge in [-0.05, 0) is 31.9 Å². The average Bonchev–Trinajstić information content (AvgIpc) is 2.67. The lowest BCUT2D eigenvalue weighted by atomic mass is 10.2. The first-order chi connectivity index (χ1) is 7.18. The third kappa shape index (κ3) is 1.96. The molecular formula is C12H15NO2. The van der Waals surface area contributed by atoms with E-state index in [2.05, 4.69) is 0 Å². The van der Waals surface area contributed by atoms with Gasteiger partial charge in [0.2, 0.25) is 0 Å². The van der Waals surface area contributed by atoms with E-state index in [0.29, 0.717) is 0 Å². The van der Waals surface area contributed by atoms with Crippen molar-refractivity contribution in [1.29, 1.82) is 0 Å². The van der Waals surface area contributed by atoms with E-state index in [1.165, 1.54) is 5.56 Å². The summed E-state index contributed by atoms with van der Waals surface area (Å²) in [6.07, 6.45) is 1.72. The number of aliphatic carboxylic acids is 1. The summed E-state index contributed by atoms with van der Waals surface area (Å²) in [5.41, 5.74) is 2.22. The van der Waals surface area contributed by atoms with Gasteiger partial charge in [0, 0.05) is 12.2 Å². The van der Waals surface area contributed by atoms with Gasteiger partial charge in [0.25, 0.3) is 0 Å². The van der Waals surface area contributed by atoms with Gasteiger partial charge in [-0.1, -0.05) is 17.7 Å². The quantitative estimate of drug-likeness (QED) is 0.803. The summed E-state index contributed by atoms with van der Waals surface area (Å²) in [6, 6.07) is 7.69. The highest BCUT2D eigenvalue weighted by molar-refractivity contribution is 5.79. The van der Waals surface area contributed by atoms with E-state index in [1.54, 1.807) is 0 Å². The van der Waals surface area contributed by atoms with Gasteiger partial charge >= 0.3 is 5.97 Å². The molecule has 3 nitrogen and oxygen atoms in total. The van der Waals surface area contributed by atoms with Gasteiger partial charge in [-0.3, -0.25) is 0 Å². The third-order valence-corrected chi connectivity index (χ3v) is 2.90. The molecule has 1 atom stereocenters. The molecule has 0 amide bonds. The average molecular weight is 205 g/mol. The number of hydrogen-bond acceptors (Lipinski definition) is 2. The number of aryl methyl sites for hydroxylation is 1. The predicted octanol–water partition coefficient (Wildman–Crippen LogP) is 2.05. The van der Waals surface area contributed by atoms with E-state index >= 15 is 0 Å². The lowest BCUT2D eigenvalue weighted by Crippen LogP contribution is -2.35. The van der Waals surface area contributed by atoms with Crippen LogP contribution >= 0.6 is 0 Å². The Morgan fingerprint density at radius 1 is 1.40 bits per heavy atom. The highest BCUT2D eigenvalue weighted by atomic mass is 16.4. The maximum atomic E-state index is 11.0. The molecule has 2 rings (SSSR count). The molecule has 0 saturated carbocycles. The van der Waals surface area contributed by atoms with Crippen LogP contribution in [-0.2, 0) is 4.79 Å². The molecule has 0 radical (unpaired) electrons. The van der Waals surface area contributed by atoms with Crippen LogP contribution in [0.3, 0.4) is 0 Å². The minimum atomic E-state index is -0.715. The smallest absolute Gasteiger partial charge is 0.326 e. The van der Waals surface area contributed by atoms with E-state index in [1.807, 2.05) is 36.1 Å². The fourth-order valence-corrected chi connectivity index (χ4v) is 2.07. The number of carboxylic acids is 1. The molecule has 1 aromatic rings. The van der Waals surface area contributed by atoms with Crippen LogP contribution in [0.4, 0.5) is 5.69 Å². The zero-order valence-electron chi connectivity index (χ0n) is 8.81. The Bertz CT molecular complexity index is 358. The minimum Gasteiger partial charge on any atom is -0.480 e. The lowest BCUT2D eigenvalue weighted by molar-refractivity contribution is -0.138. The fraction of sp³-hybridized carbons (Fsp3) is 0.417. The molecule has 0 aliphatic carbocycles. The van der Waals surface area contributed by atoms with E-state index in [4.69, 9.17) is 5.11 Å². The second-order valence-electron chi connectivity index (χ2n) is 4.03. The molecule has 0 aromatic heterocycles. The molecule has 1 aromatic carbocycles. The van der Waals surface area contributed by atoms with Gasteiger partial charge in [-0.2, -0.15) is 0 Å². The number of hydrogen-bond donors (Lipinski definition) is 1. The number of benzene rings is 1. The van der Waals surface area contributed by atoms with Crippen LogP contribution in [0.1, 0.15) is 18.4 Å². The normalized spacial score (nSPS) is 20.6. The van der Waals surface area contributed by atoms with Gasteiger partial charge < -0.3 is 10.0 Å². The number of carbonyl (C=O) groups is 1. The maximum absolute atomic E-state index is 11.0. The Morgan fingerprint density at radius 2 is 2.07 bits per heavy atom. The number of carboxylic acid groups (broad SMARTS) is 1. The maximum Gasteiger partial charge on any atom is 0.326 e. The monoisotopic (exact) mass is 205 g/mol. The summed E-state index contributed by atoms with van der Waals surface area (Å²) < 4.78 is 0. The SMILES string of the molecule is Cc1ccc(N2CCCC2C(=O)O)cc1. The highest BCUT2D eigenvalue weighted by Crippen LogP contribution is 2.25. The van der Waals surface area contributed by atoms with Crippen molar-refractivity contribution in [3.05, 3.63) is 29.8 Å². The summed E-state index contributed by atoms with van der Waals surface area (Å²) in [7, 11) is 0. The molecule has 1 heterocycles. The molecular weight excluding hydrogens is 190 g/mol. The first-order valence-corrected chi connectivity index (χ1v) is 5.24. The van der Waals surface area contributed by atoms with Crippen molar-refractivity contribution in [3.63, 3.8) is 0 Å². The lowest BCUT2D eigenvalue weighted by Gasteiger charge is -2.23. The molecule has 1 aliphatic rings. The molecule has 0 spiro atoms. The number of rotatable bonds is 2. The molecule has 1 aliphatic heterocycles. The van der Waals surface area contributed by atoms with E-state index < -0.39 is 5.97 Å². The summed E-state index contributed by atoms with van der Waals surface area (Å²) >= 11 is 0. The number of nitrogens with zero attached hydrogens (tertiary/aromatic N) is 1. The molecule has 1 saturated heterocycles. The minimum absolute atomic E-state index is 0.340.